The number of rotatable bonds is 6. The quantitative estimate of drug-likeness (QED) is 0.773. The van der Waals surface area contributed by atoms with E-state index in [1.165, 1.54) is 0 Å². The van der Waals surface area contributed by atoms with E-state index in [2.05, 4.69) is 43.0 Å². The number of likely N-dealkylation sites (N-methyl/N-ethyl adjacent to an activating group) is 1. The number of morpholine rings is 1. The molecule has 2 aromatic rings. The van der Waals surface area contributed by atoms with E-state index >= 15 is 0 Å². The predicted octanol–water partition coefficient (Wildman–Crippen LogP) is 4.06. The first-order valence-electron chi connectivity index (χ1n) is 9.92. The van der Waals surface area contributed by atoms with Crippen molar-refractivity contribution >= 4 is 5.91 Å². The van der Waals surface area contributed by atoms with Crippen molar-refractivity contribution in [2.75, 3.05) is 26.2 Å². The number of ether oxygens (including phenoxy) is 1. The Hall–Kier alpha value is -2.17. The fourth-order valence-corrected chi connectivity index (χ4v) is 3.89. The maximum Gasteiger partial charge on any atom is 0.244 e. The normalized spacial score (nSPS) is 21.3. The summed E-state index contributed by atoms with van der Waals surface area (Å²) in [6, 6.07) is 20.1. The van der Waals surface area contributed by atoms with Crippen LogP contribution in [-0.2, 0) is 9.53 Å². The molecule has 0 N–H and O–H groups in total. The van der Waals surface area contributed by atoms with Crippen LogP contribution in [0.3, 0.4) is 0 Å². The van der Waals surface area contributed by atoms with Crippen LogP contribution >= 0.6 is 0 Å². The van der Waals surface area contributed by atoms with Crippen LogP contribution in [0.5, 0.6) is 0 Å². The molecule has 0 bridgehead atoms. The molecule has 4 heteroatoms. The van der Waals surface area contributed by atoms with Crippen LogP contribution in [0.15, 0.2) is 60.7 Å². The zero-order valence-corrected chi connectivity index (χ0v) is 16.5. The first kappa shape index (κ1) is 19.6. The van der Waals surface area contributed by atoms with E-state index in [0.29, 0.717) is 13.1 Å². The van der Waals surface area contributed by atoms with Crippen molar-refractivity contribution in [3.63, 3.8) is 0 Å². The second-order valence-electron chi connectivity index (χ2n) is 7.12. The van der Waals surface area contributed by atoms with Gasteiger partial charge in [-0.1, -0.05) is 74.5 Å². The summed E-state index contributed by atoms with van der Waals surface area (Å²) in [5.41, 5.74) is 2.18. The third kappa shape index (κ3) is 4.57. The molecule has 2 aromatic carbocycles. The van der Waals surface area contributed by atoms with Gasteiger partial charge in [-0.3, -0.25) is 9.69 Å². The van der Waals surface area contributed by atoms with Gasteiger partial charge in [0.25, 0.3) is 0 Å². The van der Waals surface area contributed by atoms with Gasteiger partial charge in [0, 0.05) is 6.54 Å². The van der Waals surface area contributed by atoms with Crippen LogP contribution < -0.4 is 0 Å². The van der Waals surface area contributed by atoms with Crippen molar-refractivity contribution in [1.82, 2.24) is 9.80 Å². The molecule has 4 nitrogen and oxygen atoms in total. The van der Waals surface area contributed by atoms with E-state index in [1.54, 1.807) is 0 Å². The lowest BCUT2D eigenvalue weighted by molar-refractivity contribution is -0.150. The van der Waals surface area contributed by atoms with Crippen LogP contribution in [0.25, 0.3) is 0 Å². The van der Waals surface area contributed by atoms with E-state index in [0.717, 1.165) is 24.2 Å². The van der Waals surface area contributed by atoms with Crippen LogP contribution in [-0.4, -0.2) is 48.0 Å². The van der Waals surface area contributed by atoms with Gasteiger partial charge < -0.3 is 9.64 Å². The van der Waals surface area contributed by atoms with Crippen LogP contribution in [0, 0.1) is 0 Å². The highest BCUT2D eigenvalue weighted by Crippen LogP contribution is 2.29. The molecular formula is C23H30N2O2. The number of hydrogen-bond donors (Lipinski definition) is 0. The molecule has 3 atom stereocenters. The van der Waals surface area contributed by atoms with Crippen molar-refractivity contribution in [1.29, 1.82) is 0 Å². The summed E-state index contributed by atoms with van der Waals surface area (Å²) < 4.78 is 6.14. The van der Waals surface area contributed by atoms with Gasteiger partial charge in [-0.2, -0.15) is 0 Å². The second-order valence-corrected chi connectivity index (χ2v) is 7.12. The van der Waals surface area contributed by atoms with Gasteiger partial charge in [0.05, 0.1) is 12.6 Å². The van der Waals surface area contributed by atoms with Crippen molar-refractivity contribution in [2.24, 2.45) is 0 Å². The molecule has 0 radical (unpaired) electrons. The van der Waals surface area contributed by atoms with E-state index in [-0.39, 0.29) is 24.2 Å². The molecule has 27 heavy (non-hydrogen) atoms. The molecule has 1 aliphatic heterocycles. The predicted molar refractivity (Wildman–Crippen MR) is 108 cm³/mol. The van der Waals surface area contributed by atoms with Gasteiger partial charge in [-0.15, -0.1) is 0 Å². The van der Waals surface area contributed by atoms with Gasteiger partial charge in [-0.25, -0.2) is 0 Å². The Kier molecular flexibility index (Phi) is 6.64. The second kappa shape index (κ2) is 9.16. The largest absolute Gasteiger partial charge is 0.367 e. The van der Waals surface area contributed by atoms with Gasteiger partial charge >= 0.3 is 0 Å². The Balaban J connectivity index is 1.86. The maximum atomic E-state index is 13.6. The molecule has 1 aliphatic rings. The Labute approximate surface area is 162 Å². The fraction of sp³-hybridized carbons (Fsp3) is 0.435. The Morgan fingerprint density at radius 2 is 1.63 bits per heavy atom. The lowest BCUT2D eigenvalue weighted by Gasteiger charge is -2.40. The summed E-state index contributed by atoms with van der Waals surface area (Å²) in [7, 11) is 0. The molecule has 1 amide bonds. The first-order chi connectivity index (χ1) is 13.1. The zero-order chi connectivity index (χ0) is 19.2. The minimum Gasteiger partial charge on any atom is -0.367 e. The Morgan fingerprint density at radius 1 is 1.04 bits per heavy atom. The Bertz CT molecular complexity index is 716. The van der Waals surface area contributed by atoms with Crippen molar-refractivity contribution < 1.29 is 9.53 Å². The standard InChI is InChI=1S/C23H30N2O2/c1-4-24(5-2)22(20-14-10-7-11-15-20)23(26)25-16-18(3)27-21(17-25)19-12-8-6-9-13-19/h6-15,18,21-22H,4-5,16-17H2,1-3H3. The monoisotopic (exact) mass is 366 g/mol. The topological polar surface area (TPSA) is 32.8 Å². The summed E-state index contributed by atoms with van der Waals surface area (Å²) in [5, 5.41) is 0. The number of benzene rings is 2. The minimum atomic E-state index is -0.247. The average Bonchev–Trinajstić information content (AvgIpc) is 2.72. The molecule has 0 aliphatic carbocycles. The lowest BCUT2D eigenvalue weighted by atomic mass is 10.0. The van der Waals surface area contributed by atoms with Gasteiger partial charge in [0.1, 0.15) is 12.1 Å². The van der Waals surface area contributed by atoms with Crippen LogP contribution in [0.4, 0.5) is 0 Å². The smallest absolute Gasteiger partial charge is 0.244 e. The van der Waals surface area contributed by atoms with Gasteiger partial charge in [-0.05, 0) is 31.1 Å². The SMILES string of the molecule is CCN(CC)C(C(=O)N1CC(C)OC(c2ccccc2)C1)c1ccccc1. The zero-order valence-electron chi connectivity index (χ0n) is 16.5. The van der Waals surface area contributed by atoms with E-state index in [4.69, 9.17) is 4.74 Å². The number of amides is 1. The molecule has 0 saturated carbocycles. The maximum absolute atomic E-state index is 13.6. The Morgan fingerprint density at radius 3 is 2.22 bits per heavy atom. The third-order valence-electron chi connectivity index (χ3n) is 5.27. The third-order valence-corrected chi connectivity index (χ3v) is 5.27. The highest BCUT2D eigenvalue weighted by Gasteiger charge is 2.35. The summed E-state index contributed by atoms with van der Waals surface area (Å²) in [5.74, 6) is 0.168. The van der Waals surface area contributed by atoms with Crippen molar-refractivity contribution in [3.8, 4) is 0 Å². The van der Waals surface area contributed by atoms with Gasteiger partial charge in [0.2, 0.25) is 5.91 Å². The summed E-state index contributed by atoms with van der Waals surface area (Å²) in [4.78, 5) is 17.8. The first-order valence-corrected chi connectivity index (χ1v) is 9.92. The summed E-state index contributed by atoms with van der Waals surface area (Å²) in [6.45, 7) is 9.17. The lowest BCUT2D eigenvalue weighted by Crippen LogP contribution is -2.50. The number of carbonyl (C=O) groups is 1. The molecule has 3 rings (SSSR count). The molecule has 0 aromatic heterocycles. The molecular weight excluding hydrogens is 336 g/mol. The van der Waals surface area contributed by atoms with Crippen LogP contribution in [0.1, 0.15) is 44.0 Å². The molecule has 3 unspecified atom stereocenters. The van der Waals surface area contributed by atoms with Crippen LogP contribution in [0.2, 0.25) is 0 Å². The fourth-order valence-electron chi connectivity index (χ4n) is 3.89. The number of carbonyl (C=O) groups excluding carboxylic acids is 1. The molecule has 1 heterocycles. The molecule has 0 spiro atoms. The molecule has 1 saturated heterocycles. The van der Waals surface area contributed by atoms with Crippen molar-refractivity contribution in [2.45, 2.75) is 39.0 Å². The van der Waals surface area contributed by atoms with E-state index in [1.807, 2.05) is 48.2 Å². The minimum absolute atomic E-state index is 0.0148. The molecule has 1 fully saturated rings. The van der Waals surface area contributed by atoms with Crippen molar-refractivity contribution in [3.05, 3.63) is 71.8 Å². The highest BCUT2D eigenvalue weighted by atomic mass is 16.5. The summed E-state index contributed by atoms with van der Waals surface area (Å²) in [6.07, 6.45) is -0.0620. The number of hydrogen-bond acceptors (Lipinski definition) is 3. The van der Waals surface area contributed by atoms with Gasteiger partial charge in [0.15, 0.2) is 0 Å². The molecule has 144 valence electrons. The average molecular weight is 367 g/mol. The summed E-state index contributed by atoms with van der Waals surface area (Å²) >= 11 is 0. The van der Waals surface area contributed by atoms with E-state index < -0.39 is 0 Å². The van der Waals surface area contributed by atoms with E-state index in [9.17, 15) is 4.79 Å². The number of nitrogens with zero attached hydrogens (tertiary/aromatic N) is 2. The highest BCUT2D eigenvalue weighted by molar-refractivity contribution is 5.83.